The van der Waals surface area contributed by atoms with Crippen LogP contribution in [0.2, 0.25) is 0 Å². The average molecular weight is 346 g/mol. The van der Waals surface area contributed by atoms with Gasteiger partial charge in [-0.3, -0.25) is 0 Å². The molecule has 1 heterocycles. The summed E-state index contributed by atoms with van der Waals surface area (Å²) in [4.78, 5) is 4.66. The Balaban J connectivity index is 1.75. The number of nitrogens with zero attached hydrogens (tertiary/aromatic N) is 2. The average Bonchev–Trinajstić information content (AvgIpc) is 2.72. The van der Waals surface area contributed by atoms with Gasteiger partial charge in [0.25, 0.3) is 0 Å². The molecule has 4 heteroatoms. The third-order valence-electron chi connectivity index (χ3n) is 4.39. The van der Waals surface area contributed by atoms with Crippen molar-refractivity contribution in [2.45, 2.75) is 61.7 Å². The van der Waals surface area contributed by atoms with Crippen molar-refractivity contribution in [2.24, 2.45) is 5.41 Å². The van der Waals surface area contributed by atoms with Crippen LogP contribution in [0.4, 0.5) is 0 Å². The molecule has 1 aromatic rings. The molecule has 17 heavy (non-hydrogen) atoms. The van der Waals surface area contributed by atoms with Crippen LogP contribution < -0.4 is 0 Å². The van der Waals surface area contributed by atoms with Crippen LogP contribution in [0.3, 0.4) is 0 Å². The molecule has 94 valence electrons. The van der Waals surface area contributed by atoms with Gasteiger partial charge in [0.05, 0.1) is 0 Å². The molecule has 0 aromatic carbocycles. The van der Waals surface area contributed by atoms with Crippen LogP contribution in [0.5, 0.6) is 0 Å². The number of alkyl halides is 1. The van der Waals surface area contributed by atoms with E-state index < -0.39 is 0 Å². The lowest BCUT2D eigenvalue weighted by atomic mass is 9.89. The largest absolute Gasteiger partial charge is 0.339 e. The molecular formula is C13H19IN2O. The van der Waals surface area contributed by atoms with E-state index in [2.05, 4.69) is 46.6 Å². The highest BCUT2D eigenvalue weighted by Gasteiger charge is 2.59. The van der Waals surface area contributed by atoms with Crippen LogP contribution in [0.15, 0.2) is 4.52 Å². The van der Waals surface area contributed by atoms with Crippen LogP contribution in [0.25, 0.3) is 0 Å². The first-order valence-corrected chi connectivity index (χ1v) is 7.83. The second-order valence-corrected chi connectivity index (χ2v) is 7.37. The molecule has 0 amide bonds. The molecule has 2 atom stereocenters. The van der Waals surface area contributed by atoms with E-state index in [1.807, 2.05) is 0 Å². The van der Waals surface area contributed by atoms with E-state index in [1.165, 1.54) is 32.1 Å². The maximum absolute atomic E-state index is 5.48. The molecule has 2 saturated carbocycles. The molecule has 0 spiro atoms. The second-order valence-electron chi connectivity index (χ2n) is 6.03. The highest BCUT2D eigenvalue weighted by atomic mass is 127. The molecule has 0 saturated heterocycles. The number of rotatable bonds is 2. The molecule has 0 N–H and O–H groups in total. The summed E-state index contributed by atoms with van der Waals surface area (Å²) in [6.07, 6.45) is 6.44. The van der Waals surface area contributed by atoms with Gasteiger partial charge in [-0.1, -0.05) is 60.9 Å². The Morgan fingerprint density at radius 2 is 1.88 bits per heavy atom. The summed E-state index contributed by atoms with van der Waals surface area (Å²) in [6.45, 7) is 4.57. The van der Waals surface area contributed by atoms with Crippen LogP contribution >= 0.6 is 22.6 Å². The fraction of sp³-hybridized carbons (Fsp3) is 0.846. The topological polar surface area (TPSA) is 38.9 Å². The Labute approximate surface area is 116 Å². The van der Waals surface area contributed by atoms with E-state index in [0.717, 1.165) is 11.7 Å². The van der Waals surface area contributed by atoms with Crippen molar-refractivity contribution in [3.63, 3.8) is 0 Å². The third kappa shape index (κ3) is 2.02. The molecule has 2 aliphatic carbocycles. The van der Waals surface area contributed by atoms with Gasteiger partial charge in [-0.2, -0.15) is 4.98 Å². The zero-order chi connectivity index (χ0) is 12.0. The standard InChI is InChI=1S/C13H19IN2O/c1-13(2)9(10(13)14)11-15-12(17-16-11)8-6-4-3-5-7-8/h8-10H,3-7H2,1-2H3/t9-,10+/m0/s1. The molecule has 0 aliphatic heterocycles. The summed E-state index contributed by atoms with van der Waals surface area (Å²) in [7, 11) is 0. The van der Waals surface area contributed by atoms with E-state index in [4.69, 9.17) is 4.52 Å². The van der Waals surface area contributed by atoms with E-state index >= 15 is 0 Å². The Kier molecular flexibility index (Phi) is 2.96. The minimum atomic E-state index is 0.342. The van der Waals surface area contributed by atoms with Crippen molar-refractivity contribution in [3.8, 4) is 0 Å². The first-order chi connectivity index (χ1) is 8.10. The molecular weight excluding hydrogens is 327 g/mol. The number of halogens is 1. The Morgan fingerprint density at radius 3 is 2.47 bits per heavy atom. The SMILES string of the molecule is CC1(C)[C@H](I)[C@H]1c1noc(C2CCCCC2)n1. The van der Waals surface area contributed by atoms with Crippen molar-refractivity contribution in [2.75, 3.05) is 0 Å². The minimum absolute atomic E-state index is 0.342. The van der Waals surface area contributed by atoms with Crippen LogP contribution in [0, 0.1) is 5.41 Å². The Bertz CT molecular complexity index is 409. The molecule has 1 aromatic heterocycles. The molecule has 3 rings (SSSR count). The highest BCUT2D eigenvalue weighted by molar-refractivity contribution is 14.1. The van der Waals surface area contributed by atoms with Crippen LogP contribution in [0.1, 0.15) is 69.5 Å². The first kappa shape index (κ1) is 11.9. The van der Waals surface area contributed by atoms with Crippen molar-refractivity contribution in [1.82, 2.24) is 10.1 Å². The maximum Gasteiger partial charge on any atom is 0.229 e. The van der Waals surface area contributed by atoms with E-state index in [0.29, 0.717) is 21.2 Å². The smallest absolute Gasteiger partial charge is 0.229 e. The van der Waals surface area contributed by atoms with Gasteiger partial charge < -0.3 is 4.52 Å². The Hall–Kier alpha value is -0.130. The van der Waals surface area contributed by atoms with E-state index in [1.54, 1.807) is 0 Å². The summed E-state index contributed by atoms with van der Waals surface area (Å²) in [5.41, 5.74) is 0.342. The number of hydrogen-bond donors (Lipinski definition) is 0. The molecule has 0 radical (unpaired) electrons. The lowest BCUT2D eigenvalue weighted by Crippen LogP contribution is -2.05. The van der Waals surface area contributed by atoms with Gasteiger partial charge in [0.15, 0.2) is 5.82 Å². The molecule has 2 aliphatic rings. The molecule has 0 unspecified atom stereocenters. The van der Waals surface area contributed by atoms with Gasteiger partial charge in [-0.05, 0) is 18.3 Å². The number of aromatic nitrogens is 2. The quantitative estimate of drug-likeness (QED) is 0.599. The fourth-order valence-corrected chi connectivity index (χ4v) is 4.36. The summed E-state index contributed by atoms with van der Waals surface area (Å²) < 4.78 is 6.13. The predicted molar refractivity (Wildman–Crippen MR) is 74.5 cm³/mol. The second kappa shape index (κ2) is 4.21. The Morgan fingerprint density at radius 1 is 1.24 bits per heavy atom. The van der Waals surface area contributed by atoms with Crippen LogP contribution in [-0.4, -0.2) is 14.1 Å². The molecule has 3 nitrogen and oxygen atoms in total. The van der Waals surface area contributed by atoms with Gasteiger partial charge in [0.1, 0.15) is 0 Å². The molecule has 0 bridgehead atoms. The monoisotopic (exact) mass is 346 g/mol. The van der Waals surface area contributed by atoms with Crippen molar-refractivity contribution in [3.05, 3.63) is 11.7 Å². The highest BCUT2D eigenvalue weighted by Crippen LogP contribution is 2.62. The summed E-state index contributed by atoms with van der Waals surface area (Å²) in [5.74, 6) is 2.85. The first-order valence-electron chi connectivity index (χ1n) is 6.58. The maximum atomic E-state index is 5.48. The van der Waals surface area contributed by atoms with E-state index in [9.17, 15) is 0 Å². The number of hydrogen-bond acceptors (Lipinski definition) is 3. The molecule has 2 fully saturated rings. The van der Waals surface area contributed by atoms with Crippen molar-refractivity contribution < 1.29 is 4.52 Å². The van der Waals surface area contributed by atoms with Crippen molar-refractivity contribution >= 4 is 22.6 Å². The van der Waals surface area contributed by atoms with Gasteiger partial charge in [0, 0.05) is 15.8 Å². The van der Waals surface area contributed by atoms with Gasteiger partial charge in [0.2, 0.25) is 5.89 Å². The normalized spacial score (nSPS) is 32.6. The van der Waals surface area contributed by atoms with Crippen molar-refractivity contribution in [1.29, 1.82) is 0 Å². The summed E-state index contributed by atoms with van der Waals surface area (Å²) >= 11 is 2.50. The zero-order valence-electron chi connectivity index (χ0n) is 10.4. The van der Waals surface area contributed by atoms with Gasteiger partial charge in [-0.15, -0.1) is 0 Å². The van der Waals surface area contributed by atoms with Gasteiger partial charge in [-0.25, -0.2) is 0 Å². The predicted octanol–water partition coefficient (Wildman–Crippen LogP) is 4.04. The van der Waals surface area contributed by atoms with Gasteiger partial charge >= 0.3 is 0 Å². The lowest BCUT2D eigenvalue weighted by Gasteiger charge is -2.17. The fourth-order valence-electron chi connectivity index (χ4n) is 2.93. The lowest BCUT2D eigenvalue weighted by molar-refractivity contribution is 0.311. The van der Waals surface area contributed by atoms with Crippen LogP contribution in [-0.2, 0) is 0 Å². The third-order valence-corrected chi connectivity index (χ3v) is 6.71. The van der Waals surface area contributed by atoms with E-state index in [-0.39, 0.29) is 0 Å². The summed E-state index contributed by atoms with van der Waals surface area (Å²) in [5, 5.41) is 4.21. The minimum Gasteiger partial charge on any atom is -0.339 e. The zero-order valence-corrected chi connectivity index (χ0v) is 12.6. The summed E-state index contributed by atoms with van der Waals surface area (Å²) in [6, 6.07) is 0.